The third-order valence-corrected chi connectivity index (χ3v) is 3.44. The number of rotatable bonds is 5. The van der Waals surface area contributed by atoms with Gasteiger partial charge >= 0.3 is 5.97 Å². The minimum absolute atomic E-state index is 0.0337. The average molecular weight is 312 g/mol. The maximum atomic E-state index is 10.5. The summed E-state index contributed by atoms with van der Waals surface area (Å²) in [5.74, 6) is -0.425. The van der Waals surface area contributed by atoms with Gasteiger partial charge in [0, 0.05) is 19.2 Å². The van der Waals surface area contributed by atoms with Gasteiger partial charge in [-0.3, -0.25) is 0 Å². The predicted octanol–water partition coefficient (Wildman–Crippen LogP) is 2.15. The van der Waals surface area contributed by atoms with Crippen molar-refractivity contribution in [2.24, 2.45) is 0 Å². The van der Waals surface area contributed by atoms with Crippen LogP contribution in [0.15, 0.2) is 24.3 Å². The number of carboxylic acids is 1. The number of halogens is 1. The second kappa shape index (κ2) is 7.45. The molecule has 1 aromatic rings. The fraction of sp³-hybridized carbons (Fsp3) is 0.400. The Balaban J connectivity index is 1.93. The van der Waals surface area contributed by atoms with E-state index in [1.54, 1.807) is 18.2 Å². The molecule has 0 radical (unpaired) electrons. The number of carbonyl (C=O) groups is 1. The second-order valence-corrected chi connectivity index (χ2v) is 5.33. The number of ether oxygens (including phenoxy) is 2. The Morgan fingerprint density at radius 3 is 3.10 bits per heavy atom. The fourth-order valence-corrected chi connectivity index (χ4v) is 2.30. The van der Waals surface area contributed by atoms with Crippen molar-refractivity contribution in [3.05, 3.63) is 34.9 Å². The Morgan fingerprint density at radius 1 is 1.62 bits per heavy atom. The number of carboxylic acid groups (broad SMARTS) is 1. The molecule has 0 aromatic heterocycles. The molecule has 6 heteroatoms. The highest BCUT2D eigenvalue weighted by Gasteiger charge is 2.18. The zero-order valence-electron chi connectivity index (χ0n) is 11.8. The van der Waals surface area contributed by atoms with Gasteiger partial charge in [-0.05, 0) is 30.8 Å². The van der Waals surface area contributed by atoms with E-state index in [0.29, 0.717) is 29.5 Å². The first-order valence-electron chi connectivity index (χ1n) is 6.68. The molecule has 0 spiro atoms. The number of aliphatic carboxylic acids is 1. The molecule has 1 saturated heterocycles. The van der Waals surface area contributed by atoms with Crippen molar-refractivity contribution in [1.29, 1.82) is 0 Å². The molecule has 0 saturated carbocycles. The summed E-state index contributed by atoms with van der Waals surface area (Å²) in [4.78, 5) is 12.7. The molecule has 1 N–H and O–H groups in total. The van der Waals surface area contributed by atoms with E-state index in [-0.39, 0.29) is 6.10 Å². The van der Waals surface area contributed by atoms with Crippen LogP contribution in [0.25, 0.3) is 6.08 Å². The molecule has 1 aromatic carbocycles. The fourth-order valence-electron chi connectivity index (χ4n) is 2.06. The van der Waals surface area contributed by atoms with Crippen LogP contribution in [0.4, 0.5) is 0 Å². The lowest BCUT2D eigenvalue weighted by atomic mass is 10.2. The highest BCUT2D eigenvalue weighted by atomic mass is 35.5. The molecule has 0 bridgehead atoms. The quantitative estimate of drug-likeness (QED) is 0.844. The summed E-state index contributed by atoms with van der Waals surface area (Å²) >= 11 is 6.13. The lowest BCUT2D eigenvalue weighted by Gasteiger charge is -2.29. The summed E-state index contributed by atoms with van der Waals surface area (Å²) in [6.45, 7) is 2.91. The maximum absolute atomic E-state index is 10.5. The van der Waals surface area contributed by atoms with E-state index in [1.165, 1.54) is 6.08 Å². The van der Waals surface area contributed by atoms with Crippen LogP contribution in [0.1, 0.15) is 5.56 Å². The summed E-state index contributed by atoms with van der Waals surface area (Å²) in [7, 11) is 2.05. The van der Waals surface area contributed by atoms with E-state index < -0.39 is 5.97 Å². The number of hydrogen-bond donors (Lipinski definition) is 1. The number of likely N-dealkylation sites (N-methyl/N-ethyl adjacent to an activating group) is 1. The van der Waals surface area contributed by atoms with Crippen molar-refractivity contribution in [1.82, 2.24) is 4.90 Å². The minimum Gasteiger partial charge on any atom is -0.489 e. The van der Waals surface area contributed by atoms with Gasteiger partial charge in [0.1, 0.15) is 18.5 Å². The van der Waals surface area contributed by atoms with Crippen LogP contribution in [-0.4, -0.2) is 55.4 Å². The van der Waals surface area contributed by atoms with E-state index in [4.69, 9.17) is 26.2 Å². The van der Waals surface area contributed by atoms with Gasteiger partial charge in [0.2, 0.25) is 0 Å². The average Bonchev–Trinajstić information content (AvgIpc) is 2.44. The maximum Gasteiger partial charge on any atom is 0.328 e. The summed E-state index contributed by atoms with van der Waals surface area (Å²) in [6.07, 6.45) is 2.58. The second-order valence-electron chi connectivity index (χ2n) is 4.93. The Hall–Kier alpha value is -1.56. The number of morpholine rings is 1. The van der Waals surface area contributed by atoms with Crippen molar-refractivity contribution < 1.29 is 19.4 Å². The van der Waals surface area contributed by atoms with Crippen LogP contribution in [0.3, 0.4) is 0 Å². The monoisotopic (exact) mass is 311 g/mol. The number of hydrogen-bond acceptors (Lipinski definition) is 4. The molecule has 2 rings (SSSR count). The van der Waals surface area contributed by atoms with Crippen LogP contribution in [-0.2, 0) is 9.53 Å². The predicted molar refractivity (Wildman–Crippen MR) is 80.9 cm³/mol. The molecule has 1 aliphatic rings. The molecule has 1 fully saturated rings. The van der Waals surface area contributed by atoms with E-state index in [9.17, 15) is 4.79 Å². The van der Waals surface area contributed by atoms with Gasteiger partial charge in [0.05, 0.1) is 11.6 Å². The van der Waals surface area contributed by atoms with Crippen molar-refractivity contribution in [2.75, 3.05) is 33.4 Å². The van der Waals surface area contributed by atoms with Crippen LogP contribution in [0.2, 0.25) is 5.02 Å². The first-order chi connectivity index (χ1) is 10.0. The van der Waals surface area contributed by atoms with Gasteiger partial charge in [-0.15, -0.1) is 0 Å². The van der Waals surface area contributed by atoms with Gasteiger partial charge < -0.3 is 19.5 Å². The summed E-state index contributed by atoms with van der Waals surface area (Å²) in [6, 6.07) is 5.16. The van der Waals surface area contributed by atoms with Gasteiger partial charge in [0.25, 0.3) is 0 Å². The lowest BCUT2D eigenvalue weighted by molar-refractivity contribution is -0.131. The molecule has 1 aliphatic heterocycles. The van der Waals surface area contributed by atoms with E-state index in [2.05, 4.69) is 4.90 Å². The minimum atomic E-state index is -0.995. The summed E-state index contributed by atoms with van der Waals surface area (Å²) in [5, 5.41) is 9.04. The molecular weight excluding hydrogens is 294 g/mol. The molecule has 114 valence electrons. The SMILES string of the molecule is CN1CCOC(COc2ccc(C=CC(=O)O)cc2Cl)C1. The Bertz CT molecular complexity index is 532. The van der Waals surface area contributed by atoms with Gasteiger partial charge in [-0.25, -0.2) is 4.79 Å². The van der Waals surface area contributed by atoms with E-state index in [0.717, 1.165) is 19.2 Å². The summed E-state index contributed by atoms with van der Waals surface area (Å²) < 4.78 is 11.3. The smallest absolute Gasteiger partial charge is 0.328 e. The summed E-state index contributed by atoms with van der Waals surface area (Å²) in [5.41, 5.74) is 0.711. The highest BCUT2D eigenvalue weighted by molar-refractivity contribution is 6.32. The van der Waals surface area contributed by atoms with Crippen molar-refractivity contribution in [2.45, 2.75) is 6.10 Å². The first-order valence-corrected chi connectivity index (χ1v) is 7.06. The highest BCUT2D eigenvalue weighted by Crippen LogP contribution is 2.26. The van der Waals surface area contributed by atoms with Crippen molar-refractivity contribution in [3.63, 3.8) is 0 Å². The van der Waals surface area contributed by atoms with Gasteiger partial charge in [0.15, 0.2) is 0 Å². The molecule has 0 aliphatic carbocycles. The van der Waals surface area contributed by atoms with Crippen LogP contribution < -0.4 is 4.74 Å². The molecule has 1 heterocycles. The Kier molecular flexibility index (Phi) is 5.61. The van der Waals surface area contributed by atoms with Crippen LogP contribution in [0, 0.1) is 0 Å². The van der Waals surface area contributed by atoms with Gasteiger partial charge in [-0.2, -0.15) is 0 Å². The zero-order chi connectivity index (χ0) is 15.2. The third kappa shape index (κ3) is 5.04. The lowest BCUT2D eigenvalue weighted by Crippen LogP contribution is -2.42. The van der Waals surface area contributed by atoms with Gasteiger partial charge in [-0.1, -0.05) is 17.7 Å². The molecule has 0 amide bonds. The Morgan fingerprint density at radius 2 is 2.43 bits per heavy atom. The van der Waals surface area contributed by atoms with Crippen molar-refractivity contribution in [3.8, 4) is 5.75 Å². The molecular formula is C15H18ClNO4. The molecule has 5 nitrogen and oxygen atoms in total. The molecule has 21 heavy (non-hydrogen) atoms. The van der Waals surface area contributed by atoms with Crippen LogP contribution in [0.5, 0.6) is 5.75 Å². The van der Waals surface area contributed by atoms with E-state index in [1.807, 2.05) is 7.05 Å². The third-order valence-electron chi connectivity index (χ3n) is 3.14. The normalized spacial score (nSPS) is 19.8. The largest absolute Gasteiger partial charge is 0.489 e. The molecule has 1 atom stereocenters. The number of nitrogens with zero attached hydrogens (tertiary/aromatic N) is 1. The Labute approximate surface area is 128 Å². The standard InChI is InChI=1S/C15H18ClNO4/c1-17-6-7-20-12(9-17)10-21-14-4-2-11(8-13(14)16)3-5-15(18)19/h2-5,8,12H,6-7,9-10H2,1H3,(H,18,19). The first kappa shape index (κ1) is 15.8. The number of benzene rings is 1. The van der Waals surface area contributed by atoms with Crippen molar-refractivity contribution >= 4 is 23.6 Å². The van der Waals surface area contributed by atoms with Crippen LogP contribution >= 0.6 is 11.6 Å². The van der Waals surface area contributed by atoms with E-state index >= 15 is 0 Å². The molecule has 1 unspecified atom stereocenters. The topological polar surface area (TPSA) is 59.0 Å². The zero-order valence-corrected chi connectivity index (χ0v) is 12.5.